The number of carbonyl (C=O) groups excluding carboxylic acids is 2. The topological polar surface area (TPSA) is 58.2 Å². The third-order valence-corrected chi connectivity index (χ3v) is 3.22. The lowest BCUT2D eigenvalue weighted by Gasteiger charge is -2.09. The number of amides is 2. The number of nitrogens with one attached hydrogen (secondary N) is 2. The standard InChI is InChI=1S/C17H17FN2O2/c1-11-3-8-15(12(2)9-11)17(22)20-19-16(21)10-13-4-6-14(18)7-5-13/h3-9H,10H2,1-2H3,(H,19,21)(H,20,22). The first-order valence-corrected chi connectivity index (χ1v) is 6.86. The third kappa shape index (κ3) is 4.15. The first-order chi connectivity index (χ1) is 10.5. The highest BCUT2D eigenvalue weighted by atomic mass is 19.1. The quantitative estimate of drug-likeness (QED) is 0.855. The summed E-state index contributed by atoms with van der Waals surface area (Å²) >= 11 is 0. The number of hydrogen-bond donors (Lipinski definition) is 2. The Balaban J connectivity index is 1.90. The lowest BCUT2D eigenvalue weighted by molar-refractivity contribution is -0.121. The van der Waals surface area contributed by atoms with Gasteiger partial charge in [0.1, 0.15) is 5.82 Å². The number of hydrazine groups is 1. The van der Waals surface area contributed by atoms with Crippen LogP contribution in [-0.4, -0.2) is 11.8 Å². The average molecular weight is 300 g/mol. The van der Waals surface area contributed by atoms with Gasteiger partial charge >= 0.3 is 0 Å². The average Bonchev–Trinajstić information content (AvgIpc) is 2.47. The molecular formula is C17H17FN2O2. The number of carbonyl (C=O) groups is 2. The number of halogens is 1. The maximum Gasteiger partial charge on any atom is 0.269 e. The molecule has 4 nitrogen and oxygen atoms in total. The molecule has 0 aromatic heterocycles. The van der Waals surface area contributed by atoms with Gasteiger partial charge in [-0.3, -0.25) is 20.4 Å². The van der Waals surface area contributed by atoms with Crippen LogP contribution in [0.2, 0.25) is 0 Å². The van der Waals surface area contributed by atoms with Crippen molar-refractivity contribution >= 4 is 11.8 Å². The third-order valence-electron chi connectivity index (χ3n) is 3.22. The summed E-state index contributed by atoms with van der Waals surface area (Å²) in [6.45, 7) is 3.78. The molecule has 0 radical (unpaired) electrons. The van der Waals surface area contributed by atoms with Gasteiger partial charge in [0.15, 0.2) is 0 Å². The molecule has 22 heavy (non-hydrogen) atoms. The van der Waals surface area contributed by atoms with E-state index in [4.69, 9.17) is 0 Å². The van der Waals surface area contributed by atoms with Gasteiger partial charge in [-0.15, -0.1) is 0 Å². The summed E-state index contributed by atoms with van der Waals surface area (Å²) in [5, 5.41) is 0. The summed E-state index contributed by atoms with van der Waals surface area (Å²) in [6, 6.07) is 11.1. The van der Waals surface area contributed by atoms with Crippen LogP contribution in [0.5, 0.6) is 0 Å². The summed E-state index contributed by atoms with van der Waals surface area (Å²) in [7, 11) is 0. The van der Waals surface area contributed by atoms with Gasteiger partial charge in [0.05, 0.1) is 6.42 Å². The summed E-state index contributed by atoms with van der Waals surface area (Å²) in [4.78, 5) is 23.8. The van der Waals surface area contributed by atoms with Crippen molar-refractivity contribution in [1.29, 1.82) is 0 Å². The van der Waals surface area contributed by atoms with Gasteiger partial charge in [0.25, 0.3) is 5.91 Å². The van der Waals surface area contributed by atoms with E-state index >= 15 is 0 Å². The Bertz CT molecular complexity index is 696. The first kappa shape index (κ1) is 15.7. The highest BCUT2D eigenvalue weighted by molar-refractivity contribution is 5.96. The number of aryl methyl sites for hydroxylation is 2. The molecule has 0 aliphatic rings. The van der Waals surface area contributed by atoms with E-state index in [9.17, 15) is 14.0 Å². The van der Waals surface area contributed by atoms with Gasteiger partial charge in [-0.2, -0.15) is 0 Å². The predicted molar refractivity (Wildman–Crippen MR) is 81.6 cm³/mol. The zero-order valence-electron chi connectivity index (χ0n) is 12.4. The minimum absolute atomic E-state index is 0.0629. The molecule has 0 aliphatic carbocycles. The number of hydrogen-bond acceptors (Lipinski definition) is 2. The molecule has 0 spiro atoms. The van der Waals surface area contributed by atoms with Crippen molar-refractivity contribution in [3.05, 3.63) is 70.5 Å². The summed E-state index contributed by atoms with van der Waals surface area (Å²) in [5.74, 6) is -1.10. The maximum atomic E-state index is 12.8. The first-order valence-electron chi connectivity index (χ1n) is 6.86. The lowest BCUT2D eigenvalue weighted by Crippen LogP contribution is -2.42. The van der Waals surface area contributed by atoms with Crippen LogP contribution in [0, 0.1) is 19.7 Å². The Kier molecular flexibility index (Phi) is 4.88. The molecular weight excluding hydrogens is 283 g/mol. The molecule has 0 saturated heterocycles. The normalized spacial score (nSPS) is 10.1. The molecule has 0 aliphatic heterocycles. The SMILES string of the molecule is Cc1ccc(C(=O)NNC(=O)Cc2ccc(F)cc2)c(C)c1. The fraction of sp³-hybridized carbons (Fsp3) is 0.176. The molecule has 2 rings (SSSR count). The minimum atomic E-state index is -0.371. The van der Waals surface area contributed by atoms with E-state index in [0.29, 0.717) is 11.1 Å². The highest BCUT2D eigenvalue weighted by Crippen LogP contribution is 2.10. The second kappa shape index (κ2) is 6.85. The molecule has 0 atom stereocenters. The molecule has 0 heterocycles. The van der Waals surface area contributed by atoms with Crippen molar-refractivity contribution < 1.29 is 14.0 Å². The van der Waals surface area contributed by atoms with Crippen LogP contribution in [0.25, 0.3) is 0 Å². The van der Waals surface area contributed by atoms with Crippen LogP contribution in [0.3, 0.4) is 0 Å². The molecule has 2 amide bonds. The molecule has 0 bridgehead atoms. The van der Waals surface area contributed by atoms with Crippen molar-refractivity contribution in [2.45, 2.75) is 20.3 Å². The van der Waals surface area contributed by atoms with Gasteiger partial charge in [0, 0.05) is 5.56 Å². The Hall–Kier alpha value is -2.69. The second-order valence-electron chi connectivity index (χ2n) is 5.12. The van der Waals surface area contributed by atoms with Crippen molar-refractivity contribution in [3.8, 4) is 0 Å². The van der Waals surface area contributed by atoms with Crippen LogP contribution >= 0.6 is 0 Å². The minimum Gasteiger partial charge on any atom is -0.273 e. The Labute approximate surface area is 128 Å². The zero-order valence-corrected chi connectivity index (χ0v) is 12.4. The van der Waals surface area contributed by atoms with Crippen molar-refractivity contribution in [2.24, 2.45) is 0 Å². The van der Waals surface area contributed by atoms with Crippen molar-refractivity contribution in [1.82, 2.24) is 10.9 Å². The van der Waals surface area contributed by atoms with E-state index in [1.807, 2.05) is 26.0 Å². The second-order valence-corrected chi connectivity index (χ2v) is 5.12. The van der Waals surface area contributed by atoms with Crippen molar-refractivity contribution in [3.63, 3.8) is 0 Å². The maximum absolute atomic E-state index is 12.8. The van der Waals surface area contributed by atoms with E-state index in [-0.39, 0.29) is 24.1 Å². The van der Waals surface area contributed by atoms with Crippen LogP contribution < -0.4 is 10.9 Å². The van der Waals surface area contributed by atoms with Gasteiger partial charge in [0.2, 0.25) is 5.91 Å². The van der Waals surface area contributed by atoms with E-state index in [1.54, 1.807) is 6.07 Å². The predicted octanol–water partition coefficient (Wildman–Crippen LogP) is 2.45. The van der Waals surface area contributed by atoms with Crippen LogP contribution in [0.1, 0.15) is 27.0 Å². The molecule has 5 heteroatoms. The zero-order chi connectivity index (χ0) is 16.1. The smallest absolute Gasteiger partial charge is 0.269 e. The van der Waals surface area contributed by atoms with E-state index in [2.05, 4.69) is 10.9 Å². The van der Waals surface area contributed by atoms with Crippen LogP contribution in [0.4, 0.5) is 4.39 Å². The molecule has 114 valence electrons. The van der Waals surface area contributed by atoms with Gasteiger partial charge in [-0.25, -0.2) is 4.39 Å². The molecule has 0 unspecified atom stereocenters. The van der Waals surface area contributed by atoms with Gasteiger partial charge in [-0.05, 0) is 43.2 Å². The Morgan fingerprint density at radius 2 is 1.68 bits per heavy atom. The van der Waals surface area contributed by atoms with E-state index < -0.39 is 0 Å². The fourth-order valence-corrected chi connectivity index (χ4v) is 2.09. The monoisotopic (exact) mass is 300 g/mol. The lowest BCUT2D eigenvalue weighted by atomic mass is 10.1. The van der Waals surface area contributed by atoms with E-state index in [1.165, 1.54) is 24.3 Å². The van der Waals surface area contributed by atoms with Crippen LogP contribution in [-0.2, 0) is 11.2 Å². The molecule has 2 aromatic carbocycles. The number of benzene rings is 2. The summed E-state index contributed by atoms with van der Waals surface area (Å²) < 4.78 is 12.8. The van der Waals surface area contributed by atoms with Crippen LogP contribution in [0.15, 0.2) is 42.5 Å². The fourth-order valence-electron chi connectivity index (χ4n) is 2.09. The highest BCUT2D eigenvalue weighted by Gasteiger charge is 2.10. The van der Waals surface area contributed by atoms with Crippen molar-refractivity contribution in [2.75, 3.05) is 0 Å². The molecule has 2 N–H and O–H groups in total. The largest absolute Gasteiger partial charge is 0.273 e. The number of rotatable bonds is 3. The molecule has 0 fully saturated rings. The Morgan fingerprint density at radius 1 is 1.00 bits per heavy atom. The summed E-state index contributed by atoms with van der Waals surface area (Å²) in [6.07, 6.45) is 0.0629. The molecule has 2 aromatic rings. The summed E-state index contributed by atoms with van der Waals surface area (Å²) in [5.41, 5.74) is 7.81. The van der Waals surface area contributed by atoms with Gasteiger partial charge in [-0.1, -0.05) is 29.8 Å². The van der Waals surface area contributed by atoms with Gasteiger partial charge < -0.3 is 0 Å². The Morgan fingerprint density at radius 3 is 2.32 bits per heavy atom. The van der Waals surface area contributed by atoms with E-state index in [0.717, 1.165) is 11.1 Å². The molecule has 0 saturated carbocycles.